The number of amides is 1. The van der Waals surface area contributed by atoms with Crippen LogP contribution in [0.3, 0.4) is 0 Å². The van der Waals surface area contributed by atoms with Gasteiger partial charge in [-0.25, -0.2) is 9.97 Å². The van der Waals surface area contributed by atoms with Gasteiger partial charge in [-0.1, -0.05) is 19.1 Å². The number of aromatic amines is 1. The van der Waals surface area contributed by atoms with Crippen molar-refractivity contribution in [3.8, 4) is 11.4 Å². The first kappa shape index (κ1) is 22.0. The van der Waals surface area contributed by atoms with Gasteiger partial charge in [0, 0.05) is 49.5 Å². The van der Waals surface area contributed by atoms with Crippen molar-refractivity contribution in [3.63, 3.8) is 0 Å². The minimum absolute atomic E-state index is 0.260. The Balaban J connectivity index is 1.56. The SMILES string of the molecule is CCc1c(CN2CCC(O)C2)cccc1Nc1c(C(N)=O)cnc2nc(-c3ccncc3)[nH]c12. The number of hydrogen-bond acceptors (Lipinski definition) is 7. The van der Waals surface area contributed by atoms with Gasteiger partial charge in [0.05, 0.1) is 17.4 Å². The van der Waals surface area contributed by atoms with Gasteiger partial charge in [0.2, 0.25) is 0 Å². The molecule has 9 heteroatoms. The van der Waals surface area contributed by atoms with Crippen molar-refractivity contribution in [3.05, 3.63) is 65.6 Å². The van der Waals surface area contributed by atoms with Crippen molar-refractivity contribution in [2.24, 2.45) is 5.73 Å². The van der Waals surface area contributed by atoms with Crippen molar-refractivity contribution < 1.29 is 9.90 Å². The second-order valence-electron chi connectivity index (χ2n) is 8.53. The lowest BCUT2D eigenvalue weighted by Crippen LogP contribution is -2.22. The van der Waals surface area contributed by atoms with Gasteiger partial charge in [0.15, 0.2) is 5.65 Å². The molecule has 5 N–H and O–H groups in total. The van der Waals surface area contributed by atoms with Crippen LogP contribution >= 0.6 is 0 Å². The number of benzene rings is 1. The number of aliphatic hydroxyl groups excluding tert-OH is 1. The molecule has 174 valence electrons. The van der Waals surface area contributed by atoms with Gasteiger partial charge in [-0.15, -0.1) is 0 Å². The number of aliphatic hydroxyl groups is 1. The van der Waals surface area contributed by atoms with Crippen LogP contribution in [0.5, 0.6) is 0 Å². The molecule has 0 radical (unpaired) electrons. The van der Waals surface area contributed by atoms with Crippen LogP contribution in [0.4, 0.5) is 11.4 Å². The van der Waals surface area contributed by atoms with Crippen LogP contribution in [-0.2, 0) is 13.0 Å². The second kappa shape index (κ2) is 9.20. The predicted molar refractivity (Wildman–Crippen MR) is 131 cm³/mol. The molecular formula is C25H27N7O2. The number of nitrogens with zero attached hydrogens (tertiary/aromatic N) is 4. The lowest BCUT2D eigenvalue weighted by atomic mass is 10.0. The number of primary amides is 1. The molecule has 3 aromatic heterocycles. The number of aromatic nitrogens is 4. The highest BCUT2D eigenvalue weighted by atomic mass is 16.3. The monoisotopic (exact) mass is 457 g/mol. The van der Waals surface area contributed by atoms with Gasteiger partial charge in [0.25, 0.3) is 5.91 Å². The molecule has 1 amide bonds. The summed E-state index contributed by atoms with van der Waals surface area (Å²) in [4.78, 5) is 30.9. The average molecular weight is 458 g/mol. The Labute approximate surface area is 197 Å². The molecule has 1 unspecified atom stereocenters. The Bertz CT molecular complexity index is 1340. The number of rotatable bonds is 7. The maximum Gasteiger partial charge on any atom is 0.252 e. The fraction of sp³-hybridized carbons (Fsp3) is 0.280. The number of carbonyl (C=O) groups is 1. The van der Waals surface area contributed by atoms with E-state index in [9.17, 15) is 9.90 Å². The largest absolute Gasteiger partial charge is 0.392 e. The van der Waals surface area contributed by atoms with Crippen molar-refractivity contribution in [1.29, 1.82) is 0 Å². The van der Waals surface area contributed by atoms with Crippen LogP contribution in [0.1, 0.15) is 34.8 Å². The zero-order valence-electron chi connectivity index (χ0n) is 19.0. The van der Waals surface area contributed by atoms with E-state index in [2.05, 4.69) is 43.1 Å². The van der Waals surface area contributed by atoms with E-state index in [1.54, 1.807) is 12.4 Å². The number of carbonyl (C=O) groups excluding carboxylic acids is 1. The Hall–Kier alpha value is -3.82. The van der Waals surface area contributed by atoms with Crippen molar-refractivity contribution >= 4 is 28.4 Å². The number of β-amino-alcohol motifs (C(OH)–C–C–N with tert-alkyl or cyclic N) is 1. The summed E-state index contributed by atoms with van der Waals surface area (Å²) in [5, 5.41) is 13.4. The number of nitrogens with two attached hydrogens (primary N) is 1. The Morgan fingerprint density at radius 1 is 1.29 bits per heavy atom. The van der Waals surface area contributed by atoms with Crippen LogP contribution in [0.2, 0.25) is 0 Å². The molecule has 1 aromatic carbocycles. The first-order valence-electron chi connectivity index (χ1n) is 11.4. The van der Waals surface area contributed by atoms with Crippen molar-refractivity contribution in [2.75, 3.05) is 18.4 Å². The number of likely N-dealkylation sites (tertiary alicyclic amines) is 1. The van der Waals surface area contributed by atoms with E-state index >= 15 is 0 Å². The maximum absolute atomic E-state index is 12.3. The fourth-order valence-electron chi connectivity index (χ4n) is 4.57. The molecule has 34 heavy (non-hydrogen) atoms. The zero-order valence-corrected chi connectivity index (χ0v) is 19.0. The highest BCUT2D eigenvalue weighted by Gasteiger charge is 2.22. The minimum Gasteiger partial charge on any atom is -0.392 e. The molecule has 0 saturated carbocycles. The number of imidazole rings is 1. The highest BCUT2D eigenvalue weighted by molar-refractivity contribution is 6.06. The molecule has 4 aromatic rings. The molecule has 5 rings (SSSR count). The number of H-pyrrole nitrogens is 1. The van der Waals surface area contributed by atoms with E-state index in [1.807, 2.05) is 24.3 Å². The van der Waals surface area contributed by atoms with E-state index in [1.165, 1.54) is 11.8 Å². The number of nitrogens with one attached hydrogen (secondary N) is 2. The van der Waals surface area contributed by atoms with E-state index < -0.39 is 5.91 Å². The molecular weight excluding hydrogens is 430 g/mol. The predicted octanol–water partition coefficient (Wildman–Crippen LogP) is 2.99. The summed E-state index contributed by atoms with van der Waals surface area (Å²) in [7, 11) is 0. The lowest BCUT2D eigenvalue weighted by Gasteiger charge is -2.20. The van der Waals surface area contributed by atoms with Crippen LogP contribution in [0.25, 0.3) is 22.6 Å². The third-order valence-corrected chi connectivity index (χ3v) is 6.27. The maximum atomic E-state index is 12.3. The molecule has 9 nitrogen and oxygen atoms in total. The van der Waals surface area contributed by atoms with Crippen LogP contribution in [-0.4, -0.2) is 55.0 Å². The molecule has 1 saturated heterocycles. The molecule has 0 spiro atoms. The molecule has 0 aliphatic carbocycles. The van der Waals surface area contributed by atoms with Gasteiger partial charge >= 0.3 is 0 Å². The van der Waals surface area contributed by atoms with Crippen LogP contribution < -0.4 is 11.1 Å². The van der Waals surface area contributed by atoms with Gasteiger partial charge < -0.3 is 21.1 Å². The topological polar surface area (TPSA) is 133 Å². The number of fused-ring (bicyclic) bond motifs is 1. The van der Waals surface area contributed by atoms with Gasteiger partial charge in [0.1, 0.15) is 11.3 Å². The summed E-state index contributed by atoms with van der Waals surface area (Å²) in [6, 6.07) is 9.82. The average Bonchev–Trinajstić information content (AvgIpc) is 3.46. The van der Waals surface area contributed by atoms with E-state index in [0.717, 1.165) is 42.7 Å². The summed E-state index contributed by atoms with van der Waals surface area (Å²) >= 11 is 0. The highest BCUT2D eigenvalue weighted by Crippen LogP contribution is 2.32. The number of pyridine rings is 2. The molecule has 1 atom stereocenters. The summed E-state index contributed by atoms with van der Waals surface area (Å²) in [5.74, 6) is 0.0591. The molecule has 1 aliphatic rings. The number of hydrogen-bond donors (Lipinski definition) is 4. The van der Waals surface area contributed by atoms with Crippen LogP contribution in [0, 0.1) is 0 Å². The third-order valence-electron chi connectivity index (χ3n) is 6.27. The van der Waals surface area contributed by atoms with Crippen molar-refractivity contribution in [2.45, 2.75) is 32.4 Å². The summed E-state index contributed by atoms with van der Waals surface area (Å²) < 4.78 is 0. The third kappa shape index (κ3) is 4.23. The number of anilines is 2. The summed E-state index contributed by atoms with van der Waals surface area (Å²) in [6.45, 7) is 4.44. The lowest BCUT2D eigenvalue weighted by molar-refractivity contribution is 0.100. The van der Waals surface area contributed by atoms with E-state index in [-0.39, 0.29) is 11.7 Å². The zero-order chi connectivity index (χ0) is 23.7. The van der Waals surface area contributed by atoms with Crippen molar-refractivity contribution in [1.82, 2.24) is 24.8 Å². The summed E-state index contributed by atoms with van der Waals surface area (Å²) in [6.07, 6.45) is 6.20. The minimum atomic E-state index is -0.572. The Morgan fingerprint density at radius 2 is 2.12 bits per heavy atom. The molecule has 4 heterocycles. The Kier molecular flexibility index (Phi) is 5.95. The summed E-state index contributed by atoms with van der Waals surface area (Å²) in [5.41, 5.74) is 11.7. The quantitative estimate of drug-likeness (QED) is 0.335. The standard InChI is InChI=1S/C25H27N7O2/c1-2-18-16(13-32-11-8-17(33)14-32)4-3-5-20(18)29-21-19(23(26)34)12-28-25-22(21)30-24(31-25)15-6-9-27-10-7-15/h3-7,9-10,12,17,33H,2,8,11,13-14H2,1H3,(H2,26,34)(H2,28,29,30,31). The van der Waals surface area contributed by atoms with E-state index in [4.69, 9.17) is 5.73 Å². The fourth-order valence-corrected chi connectivity index (χ4v) is 4.57. The Morgan fingerprint density at radius 3 is 2.82 bits per heavy atom. The smallest absolute Gasteiger partial charge is 0.252 e. The second-order valence-corrected chi connectivity index (χ2v) is 8.53. The van der Waals surface area contributed by atoms with Gasteiger partial charge in [-0.3, -0.25) is 14.7 Å². The van der Waals surface area contributed by atoms with Crippen LogP contribution in [0.15, 0.2) is 48.9 Å². The van der Waals surface area contributed by atoms with Gasteiger partial charge in [-0.2, -0.15) is 0 Å². The normalized spacial score (nSPS) is 16.2. The molecule has 1 aliphatic heterocycles. The van der Waals surface area contributed by atoms with E-state index in [0.29, 0.717) is 29.2 Å². The van der Waals surface area contributed by atoms with Gasteiger partial charge in [-0.05, 0) is 42.2 Å². The first-order chi connectivity index (χ1) is 16.5. The first-order valence-corrected chi connectivity index (χ1v) is 11.4. The molecule has 1 fully saturated rings. The molecule has 0 bridgehead atoms.